The van der Waals surface area contributed by atoms with Gasteiger partial charge in [-0.15, -0.1) is 0 Å². The van der Waals surface area contributed by atoms with Crippen LogP contribution in [-0.2, 0) is 11.2 Å². The van der Waals surface area contributed by atoms with E-state index in [-0.39, 0.29) is 43.6 Å². The Labute approximate surface area is 182 Å². The van der Waals surface area contributed by atoms with E-state index in [9.17, 15) is 9.90 Å². The quantitative estimate of drug-likeness (QED) is 0.535. The number of carboxylic acids is 1. The van der Waals surface area contributed by atoms with Crippen molar-refractivity contribution in [3.8, 4) is 5.75 Å². The second-order valence-corrected chi connectivity index (χ2v) is 6.35. The molecule has 0 amide bonds. The summed E-state index contributed by atoms with van der Waals surface area (Å²) in [5, 5.41) is 22.7. The summed E-state index contributed by atoms with van der Waals surface area (Å²) in [6.07, 6.45) is 0.162. The molecule has 0 fully saturated rings. The smallest absolute Gasteiger partial charge is 1.00 e. The van der Waals surface area contributed by atoms with E-state index in [1.165, 1.54) is 0 Å². The largest absolute Gasteiger partial charge is 1.00 e. The van der Waals surface area contributed by atoms with Crippen molar-refractivity contribution in [3.05, 3.63) is 64.7 Å². The Hall–Kier alpha value is -1.08. The van der Waals surface area contributed by atoms with Crippen LogP contribution in [0.15, 0.2) is 48.5 Å². The molecule has 0 aliphatic heterocycles. The van der Waals surface area contributed by atoms with Gasteiger partial charge in [-0.1, -0.05) is 35.9 Å². The van der Waals surface area contributed by atoms with Crippen molar-refractivity contribution in [1.29, 1.82) is 0 Å². The van der Waals surface area contributed by atoms with Crippen LogP contribution in [0.3, 0.4) is 0 Å². The van der Waals surface area contributed by atoms with Crippen molar-refractivity contribution in [2.24, 2.45) is 0 Å². The molecule has 0 bridgehead atoms. The first-order chi connectivity index (χ1) is 11.9. The van der Waals surface area contributed by atoms with Gasteiger partial charge in [0.05, 0.1) is 6.10 Å². The molecule has 0 saturated heterocycles. The van der Waals surface area contributed by atoms with Gasteiger partial charge in [-0.05, 0) is 48.7 Å². The molecule has 0 aliphatic rings. The van der Waals surface area contributed by atoms with Gasteiger partial charge in [0.25, 0.3) is 0 Å². The van der Waals surface area contributed by atoms with Gasteiger partial charge in [-0.3, -0.25) is 0 Å². The van der Waals surface area contributed by atoms with E-state index in [2.05, 4.69) is 5.32 Å². The van der Waals surface area contributed by atoms with Crippen LogP contribution < -0.4 is 39.6 Å². The first-order valence-electron chi connectivity index (χ1n) is 8.04. The van der Waals surface area contributed by atoms with Gasteiger partial charge in [0.2, 0.25) is 0 Å². The van der Waals surface area contributed by atoms with Gasteiger partial charge < -0.3 is 21.7 Å². The molecule has 5 nitrogen and oxygen atoms in total. The number of aliphatic hydroxyl groups excluding tert-OH is 1. The zero-order valence-electron chi connectivity index (χ0n) is 16.0. The topological polar surface area (TPSA) is 78.8 Å². The Morgan fingerprint density at radius 1 is 1.27 bits per heavy atom. The summed E-state index contributed by atoms with van der Waals surface area (Å²) in [5.74, 6) is -0.469. The van der Waals surface area contributed by atoms with Crippen LogP contribution in [0.4, 0.5) is 0 Å². The Balaban J connectivity index is 0.00000338. The third kappa shape index (κ3) is 8.08. The number of carbonyl (C=O) groups is 1. The van der Waals surface area contributed by atoms with Gasteiger partial charge in [0.15, 0.2) is 6.61 Å². The molecule has 0 spiro atoms. The van der Waals surface area contributed by atoms with Crippen LogP contribution in [0.1, 0.15) is 25.6 Å². The van der Waals surface area contributed by atoms with Crippen molar-refractivity contribution in [1.82, 2.24) is 5.32 Å². The molecule has 7 heteroatoms. The SMILES string of the molecule is CC(Cc1ccc(OCC(=O)O)cc1)NCC(O)c1cccc(Cl)c1.[H-].[Na+]. The molecular weight excluding hydrogens is 365 g/mol. The van der Waals surface area contributed by atoms with Gasteiger partial charge >= 0.3 is 35.5 Å². The molecule has 2 aromatic rings. The Kier molecular flexibility index (Phi) is 10.2. The molecule has 2 aromatic carbocycles. The second-order valence-electron chi connectivity index (χ2n) is 5.91. The van der Waals surface area contributed by atoms with Gasteiger partial charge in [-0.25, -0.2) is 4.79 Å². The number of halogens is 1. The van der Waals surface area contributed by atoms with Gasteiger partial charge in [0, 0.05) is 17.6 Å². The number of rotatable bonds is 9. The van der Waals surface area contributed by atoms with Crippen molar-refractivity contribution >= 4 is 17.6 Å². The molecule has 0 radical (unpaired) electrons. The van der Waals surface area contributed by atoms with Crippen molar-refractivity contribution < 1.29 is 50.7 Å². The monoisotopic (exact) mass is 387 g/mol. The summed E-state index contributed by atoms with van der Waals surface area (Å²) in [6, 6.07) is 14.7. The number of aliphatic carboxylic acids is 1. The van der Waals surface area contributed by atoms with E-state index in [0.29, 0.717) is 17.3 Å². The van der Waals surface area contributed by atoms with E-state index in [4.69, 9.17) is 21.4 Å². The molecule has 0 saturated carbocycles. The van der Waals surface area contributed by atoms with E-state index < -0.39 is 12.1 Å². The van der Waals surface area contributed by atoms with Crippen LogP contribution in [-0.4, -0.2) is 35.4 Å². The Morgan fingerprint density at radius 3 is 2.58 bits per heavy atom. The average molecular weight is 388 g/mol. The van der Waals surface area contributed by atoms with Crippen molar-refractivity contribution in [2.45, 2.75) is 25.5 Å². The van der Waals surface area contributed by atoms with E-state index in [0.717, 1.165) is 17.5 Å². The Bertz CT molecular complexity index is 702. The molecule has 136 valence electrons. The summed E-state index contributed by atoms with van der Waals surface area (Å²) in [4.78, 5) is 10.5. The molecular formula is C19H23ClNNaO4. The minimum Gasteiger partial charge on any atom is -1.00 e. The van der Waals surface area contributed by atoms with Gasteiger partial charge in [-0.2, -0.15) is 0 Å². The summed E-state index contributed by atoms with van der Waals surface area (Å²) >= 11 is 5.94. The molecule has 2 unspecified atom stereocenters. The molecule has 0 heterocycles. The first-order valence-corrected chi connectivity index (χ1v) is 8.42. The molecule has 3 N–H and O–H groups in total. The van der Waals surface area contributed by atoms with Crippen LogP contribution in [0.5, 0.6) is 5.75 Å². The predicted molar refractivity (Wildman–Crippen MR) is 98.3 cm³/mol. The van der Waals surface area contributed by atoms with Crippen LogP contribution in [0.25, 0.3) is 0 Å². The number of hydrogen-bond acceptors (Lipinski definition) is 4. The Morgan fingerprint density at radius 2 is 1.96 bits per heavy atom. The normalized spacial score (nSPS) is 12.7. The predicted octanol–water partition coefficient (Wildman–Crippen LogP) is 0.174. The fraction of sp³-hybridized carbons (Fsp3) is 0.316. The number of benzene rings is 2. The van der Waals surface area contributed by atoms with E-state index >= 15 is 0 Å². The van der Waals surface area contributed by atoms with Crippen molar-refractivity contribution in [2.75, 3.05) is 13.2 Å². The second kappa shape index (κ2) is 11.6. The van der Waals surface area contributed by atoms with E-state index in [1.54, 1.807) is 24.3 Å². The van der Waals surface area contributed by atoms with Crippen LogP contribution >= 0.6 is 11.6 Å². The number of aliphatic hydroxyl groups is 1. The first kappa shape index (κ1) is 23.0. The fourth-order valence-corrected chi connectivity index (χ4v) is 2.64. The van der Waals surface area contributed by atoms with Gasteiger partial charge in [0.1, 0.15) is 5.75 Å². The van der Waals surface area contributed by atoms with E-state index in [1.807, 2.05) is 31.2 Å². The summed E-state index contributed by atoms with van der Waals surface area (Å²) in [5.41, 5.74) is 1.88. The van der Waals surface area contributed by atoms with Crippen LogP contribution in [0, 0.1) is 0 Å². The minimum absolute atomic E-state index is 0. The summed E-state index contributed by atoms with van der Waals surface area (Å²) in [7, 11) is 0. The molecule has 2 rings (SSSR count). The number of carboxylic acid groups (broad SMARTS) is 1. The minimum atomic E-state index is -1.000. The number of nitrogens with one attached hydrogen (secondary N) is 1. The fourth-order valence-electron chi connectivity index (χ4n) is 2.44. The molecule has 0 aliphatic carbocycles. The summed E-state index contributed by atoms with van der Waals surface area (Å²) < 4.78 is 5.11. The van der Waals surface area contributed by atoms with Crippen molar-refractivity contribution in [3.63, 3.8) is 0 Å². The summed E-state index contributed by atoms with van der Waals surface area (Å²) in [6.45, 7) is 2.12. The zero-order chi connectivity index (χ0) is 18.2. The number of hydrogen-bond donors (Lipinski definition) is 3. The third-order valence-corrected chi connectivity index (χ3v) is 3.96. The number of ether oxygens (including phenoxy) is 1. The third-order valence-electron chi connectivity index (χ3n) is 3.72. The molecule has 26 heavy (non-hydrogen) atoms. The maximum Gasteiger partial charge on any atom is 1.00 e. The maximum absolute atomic E-state index is 10.5. The maximum atomic E-state index is 10.5. The molecule has 2 atom stereocenters. The standard InChI is InChI=1S/C19H22ClNO4.Na.H/c1-13(21-11-18(22)15-3-2-4-16(20)10-15)9-14-5-7-17(8-6-14)25-12-19(23)24;;/h2-8,10,13,18,21-22H,9,11-12H2,1H3,(H,23,24);;/q;+1;-1. The zero-order valence-corrected chi connectivity index (χ0v) is 17.7. The van der Waals surface area contributed by atoms with Crippen LogP contribution in [0.2, 0.25) is 5.02 Å². The average Bonchev–Trinajstić information content (AvgIpc) is 2.59. The molecule has 0 aromatic heterocycles.